The molecule has 33 heavy (non-hydrogen) atoms. The molecule has 0 spiro atoms. The van der Waals surface area contributed by atoms with E-state index in [-0.39, 0.29) is 35.8 Å². The molecule has 2 aromatic rings. The van der Waals surface area contributed by atoms with E-state index in [0.29, 0.717) is 43.8 Å². The minimum Gasteiger partial charge on any atom is -0.493 e. The van der Waals surface area contributed by atoms with Crippen LogP contribution in [0.2, 0.25) is 0 Å². The average molecular weight is 572 g/mol. The number of morpholine rings is 1. The number of methoxy groups -OCH3 is 2. The van der Waals surface area contributed by atoms with Crippen LogP contribution in [0.1, 0.15) is 24.1 Å². The topological polar surface area (TPSA) is 67.4 Å². The van der Waals surface area contributed by atoms with Gasteiger partial charge in [-0.05, 0) is 42.3 Å². The van der Waals surface area contributed by atoms with Crippen molar-refractivity contribution in [3.63, 3.8) is 0 Å². The summed E-state index contributed by atoms with van der Waals surface area (Å²) in [5.41, 5.74) is 1.95. The third-order valence-corrected chi connectivity index (χ3v) is 5.39. The molecule has 1 atom stereocenters. The predicted octanol–water partition coefficient (Wildman–Crippen LogP) is 3.59. The summed E-state index contributed by atoms with van der Waals surface area (Å²) in [7, 11) is 3.28. The van der Waals surface area contributed by atoms with Crippen molar-refractivity contribution >= 4 is 29.9 Å². The van der Waals surface area contributed by atoms with E-state index < -0.39 is 0 Å². The van der Waals surface area contributed by atoms with Crippen LogP contribution >= 0.6 is 24.0 Å². The first-order valence-electron chi connectivity index (χ1n) is 10.9. The molecule has 0 saturated carbocycles. The molecule has 1 heterocycles. The van der Waals surface area contributed by atoms with E-state index in [0.717, 1.165) is 30.8 Å². The second-order valence-electron chi connectivity index (χ2n) is 7.48. The number of nitrogens with zero attached hydrogens (tertiary/aromatic N) is 2. The highest BCUT2D eigenvalue weighted by Crippen LogP contribution is 2.32. The minimum atomic E-state index is -0.253. The molecule has 1 unspecified atom stereocenters. The van der Waals surface area contributed by atoms with Crippen molar-refractivity contribution in [2.24, 2.45) is 4.99 Å². The lowest BCUT2D eigenvalue weighted by atomic mass is 10.0. The normalized spacial score (nSPS) is 15.3. The molecule has 1 saturated heterocycles. The summed E-state index contributed by atoms with van der Waals surface area (Å²) in [5, 5.41) is 6.73. The van der Waals surface area contributed by atoms with E-state index in [4.69, 9.17) is 14.2 Å². The Hall–Kier alpha value is -2.11. The number of hydrogen-bond donors (Lipinski definition) is 2. The quantitative estimate of drug-likeness (QED) is 0.272. The van der Waals surface area contributed by atoms with Crippen molar-refractivity contribution in [1.29, 1.82) is 0 Å². The Bertz CT molecular complexity index is 894. The largest absolute Gasteiger partial charge is 0.493 e. The lowest BCUT2D eigenvalue weighted by molar-refractivity contribution is 0.0169. The molecule has 3 rings (SSSR count). The zero-order valence-corrected chi connectivity index (χ0v) is 21.8. The van der Waals surface area contributed by atoms with Gasteiger partial charge in [-0.15, -0.1) is 24.0 Å². The number of hydrogen-bond acceptors (Lipinski definition) is 5. The van der Waals surface area contributed by atoms with Gasteiger partial charge in [-0.25, -0.2) is 9.38 Å². The van der Waals surface area contributed by atoms with Gasteiger partial charge in [0.2, 0.25) is 0 Å². The molecule has 0 aliphatic carbocycles. The molecular formula is C24H34FIN4O3. The summed E-state index contributed by atoms with van der Waals surface area (Å²) in [6.07, 6.45) is 0. The summed E-state index contributed by atoms with van der Waals surface area (Å²) in [6.45, 7) is 6.89. The monoisotopic (exact) mass is 572 g/mol. The lowest BCUT2D eigenvalue weighted by Crippen LogP contribution is -2.46. The van der Waals surface area contributed by atoms with Crippen LogP contribution in [-0.4, -0.2) is 64.5 Å². The molecule has 1 aliphatic heterocycles. The van der Waals surface area contributed by atoms with Crippen molar-refractivity contribution in [2.75, 3.05) is 53.6 Å². The Morgan fingerprint density at radius 2 is 1.85 bits per heavy atom. The summed E-state index contributed by atoms with van der Waals surface area (Å²) >= 11 is 0. The number of aliphatic imine (C=N–C) groups is 1. The molecule has 1 aliphatic rings. The van der Waals surface area contributed by atoms with Crippen molar-refractivity contribution in [1.82, 2.24) is 15.5 Å². The molecule has 0 radical (unpaired) electrons. The first kappa shape index (κ1) is 27.1. The van der Waals surface area contributed by atoms with E-state index in [1.807, 2.05) is 25.1 Å². The highest BCUT2D eigenvalue weighted by molar-refractivity contribution is 14.0. The molecule has 9 heteroatoms. The van der Waals surface area contributed by atoms with Crippen molar-refractivity contribution in [3.05, 3.63) is 59.4 Å². The molecule has 0 amide bonds. The van der Waals surface area contributed by atoms with Crippen LogP contribution in [0.25, 0.3) is 0 Å². The smallest absolute Gasteiger partial charge is 0.191 e. The van der Waals surface area contributed by atoms with Crippen LogP contribution in [0.15, 0.2) is 47.5 Å². The highest BCUT2D eigenvalue weighted by Gasteiger charge is 2.24. The van der Waals surface area contributed by atoms with E-state index in [2.05, 4.69) is 26.6 Å². The maximum absolute atomic E-state index is 13.5. The zero-order valence-electron chi connectivity index (χ0n) is 19.5. The van der Waals surface area contributed by atoms with Gasteiger partial charge in [0.1, 0.15) is 5.82 Å². The minimum absolute atomic E-state index is 0. The van der Waals surface area contributed by atoms with Crippen LogP contribution in [-0.2, 0) is 11.3 Å². The van der Waals surface area contributed by atoms with Crippen molar-refractivity contribution in [2.45, 2.75) is 19.5 Å². The van der Waals surface area contributed by atoms with Gasteiger partial charge in [-0.2, -0.15) is 0 Å². The summed E-state index contributed by atoms with van der Waals surface area (Å²) in [5.74, 6) is 1.84. The van der Waals surface area contributed by atoms with Crippen LogP contribution in [0.3, 0.4) is 0 Å². The Balaban J connectivity index is 0.00000385. The Morgan fingerprint density at radius 3 is 2.52 bits per heavy atom. The molecule has 2 N–H and O–H groups in total. The molecule has 7 nitrogen and oxygen atoms in total. The van der Waals surface area contributed by atoms with E-state index >= 15 is 0 Å². The van der Waals surface area contributed by atoms with Crippen LogP contribution < -0.4 is 20.1 Å². The van der Waals surface area contributed by atoms with Gasteiger partial charge >= 0.3 is 0 Å². The van der Waals surface area contributed by atoms with Gasteiger partial charge in [0.25, 0.3) is 0 Å². The van der Waals surface area contributed by atoms with E-state index in [1.165, 1.54) is 12.1 Å². The summed E-state index contributed by atoms with van der Waals surface area (Å²) in [4.78, 5) is 7.03. The standard InChI is InChI=1S/C24H33FN4O3.HI/c1-4-26-24(27-16-18-6-5-7-20(25)14-18)28-17-21(29-10-12-32-13-11-29)19-8-9-22(30-2)23(15-19)31-3;/h5-9,14-15,21H,4,10-13,16-17H2,1-3H3,(H2,26,27,28);1H. The average Bonchev–Trinajstić information content (AvgIpc) is 2.83. The van der Waals surface area contributed by atoms with Crippen LogP contribution in [0.4, 0.5) is 4.39 Å². The zero-order chi connectivity index (χ0) is 22.8. The SMILES string of the molecule is CCNC(=NCc1cccc(F)c1)NCC(c1ccc(OC)c(OC)c1)N1CCOCC1.I. The predicted molar refractivity (Wildman–Crippen MR) is 139 cm³/mol. The number of benzene rings is 2. The first-order chi connectivity index (χ1) is 15.6. The fraction of sp³-hybridized carbons (Fsp3) is 0.458. The van der Waals surface area contributed by atoms with Crippen molar-refractivity contribution < 1.29 is 18.6 Å². The lowest BCUT2D eigenvalue weighted by Gasteiger charge is -2.35. The van der Waals surface area contributed by atoms with Crippen molar-refractivity contribution in [3.8, 4) is 11.5 Å². The fourth-order valence-electron chi connectivity index (χ4n) is 3.75. The maximum atomic E-state index is 13.5. The summed E-state index contributed by atoms with van der Waals surface area (Å²) < 4.78 is 30.0. The second kappa shape index (κ2) is 14.2. The number of ether oxygens (including phenoxy) is 3. The number of rotatable bonds is 9. The van der Waals surface area contributed by atoms with E-state index in [1.54, 1.807) is 20.3 Å². The van der Waals surface area contributed by atoms with Gasteiger partial charge in [0.15, 0.2) is 17.5 Å². The van der Waals surface area contributed by atoms with Gasteiger partial charge < -0.3 is 24.8 Å². The number of nitrogens with one attached hydrogen (secondary N) is 2. The molecule has 1 fully saturated rings. The highest BCUT2D eigenvalue weighted by atomic mass is 127. The number of halogens is 2. The van der Waals surface area contributed by atoms with Gasteiger partial charge in [0, 0.05) is 26.2 Å². The molecule has 182 valence electrons. The Kier molecular flexibility index (Phi) is 11.7. The Labute approximate surface area is 212 Å². The third-order valence-electron chi connectivity index (χ3n) is 5.39. The molecule has 0 aromatic heterocycles. The van der Waals surface area contributed by atoms with E-state index in [9.17, 15) is 4.39 Å². The Morgan fingerprint density at radius 1 is 1.09 bits per heavy atom. The molecular weight excluding hydrogens is 538 g/mol. The first-order valence-corrected chi connectivity index (χ1v) is 10.9. The van der Waals surface area contributed by atoms with Gasteiger partial charge in [0.05, 0.1) is 40.0 Å². The molecule has 2 aromatic carbocycles. The van der Waals surface area contributed by atoms with Gasteiger partial charge in [-0.1, -0.05) is 18.2 Å². The van der Waals surface area contributed by atoms with Crippen LogP contribution in [0, 0.1) is 5.82 Å². The summed E-state index contributed by atoms with van der Waals surface area (Å²) in [6, 6.07) is 12.6. The molecule has 0 bridgehead atoms. The number of guanidine groups is 1. The van der Waals surface area contributed by atoms with Crippen LogP contribution in [0.5, 0.6) is 11.5 Å². The fourth-order valence-corrected chi connectivity index (χ4v) is 3.75. The second-order valence-corrected chi connectivity index (χ2v) is 7.48. The third kappa shape index (κ3) is 8.01. The maximum Gasteiger partial charge on any atom is 0.191 e. The van der Waals surface area contributed by atoms with Gasteiger partial charge in [-0.3, -0.25) is 4.90 Å².